The molecule has 3 saturated heterocycles. The van der Waals surface area contributed by atoms with Gasteiger partial charge in [0.15, 0.2) is 0 Å². The van der Waals surface area contributed by atoms with Crippen molar-refractivity contribution in [2.24, 2.45) is 5.92 Å². The molecule has 2 amide bonds. The molecule has 6 nitrogen and oxygen atoms in total. The van der Waals surface area contributed by atoms with Gasteiger partial charge in [-0.15, -0.1) is 11.8 Å². The van der Waals surface area contributed by atoms with E-state index >= 15 is 0 Å². The molecular formula is C13H21N3O3S. The second kappa shape index (κ2) is 5.20. The number of aliphatic hydroxyl groups excluding tert-OH is 1. The summed E-state index contributed by atoms with van der Waals surface area (Å²) in [5.74, 6) is 0.726. The van der Waals surface area contributed by atoms with Crippen LogP contribution >= 0.6 is 11.8 Å². The highest BCUT2D eigenvalue weighted by molar-refractivity contribution is 8.01. The fourth-order valence-corrected chi connectivity index (χ4v) is 4.72. The maximum absolute atomic E-state index is 12.3. The Hall–Kier alpha value is -0.790. The van der Waals surface area contributed by atoms with Crippen LogP contribution in [0, 0.1) is 5.92 Å². The van der Waals surface area contributed by atoms with Crippen molar-refractivity contribution in [3.8, 4) is 0 Å². The lowest BCUT2D eigenvalue weighted by atomic mass is 10.1. The van der Waals surface area contributed by atoms with Gasteiger partial charge in [0.25, 0.3) is 0 Å². The maximum atomic E-state index is 12.3. The van der Waals surface area contributed by atoms with E-state index in [1.165, 1.54) is 0 Å². The maximum Gasteiger partial charge on any atom is 0.243 e. The molecule has 0 aromatic rings. The molecule has 3 aliphatic rings. The average molecular weight is 299 g/mol. The molecule has 112 valence electrons. The van der Waals surface area contributed by atoms with Crippen LogP contribution in [-0.2, 0) is 9.59 Å². The van der Waals surface area contributed by atoms with Gasteiger partial charge in [-0.25, -0.2) is 0 Å². The van der Waals surface area contributed by atoms with E-state index in [9.17, 15) is 14.7 Å². The van der Waals surface area contributed by atoms with Gasteiger partial charge in [0.2, 0.25) is 11.8 Å². The third-order valence-electron chi connectivity index (χ3n) is 4.59. The summed E-state index contributed by atoms with van der Waals surface area (Å²) >= 11 is 1.70. The van der Waals surface area contributed by atoms with Crippen LogP contribution in [0.2, 0.25) is 0 Å². The van der Waals surface area contributed by atoms with Gasteiger partial charge in [-0.1, -0.05) is 0 Å². The summed E-state index contributed by atoms with van der Waals surface area (Å²) in [5.41, 5.74) is 0. The van der Waals surface area contributed by atoms with E-state index in [-0.39, 0.29) is 28.6 Å². The molecule has 0 aliphatic carbocycles. The Morgan fingerprint density at radius 2 is 2.40 bits per heavy atom. The summed E-state index contributed by atoms with van der Waals surface area (Å²) in [6, 6.07) is -0.355. The number of amides is 2. The topological polar surface area (TPSA) is 81.7 Å². The molecule has 0 spiro atoms. The van der Waals surface area contributed by atoms with Crippen molar-refractivity contribution in [1.29, 1.82) is 0 Å². The molecule has 20 heavy (non-hydrogen) atoms. The van der Waals surface area contributed by atoms with Crippen LogP contribution < -0.4 is 10.6 Å². The molecule has 3 heterocycles. The first-order chi connectivity index (χ1) is 9.51. The summed E-state index contributed by atoms with van der Waals surface area (Å²) in [6.07, 6.45) is 0.969. The highest BCUT2D eigenvalue weighted by atomic mass is 32.2. The summed E-state index contributed by atoms with van der Waals surface area (Å²) in [5, 5.41) is 15.7. The summed E-state index contributed by atoms with van der Waals surface area (Å²) in [6.45, 7) is 3.82. The van der Waals surface area contributed by atoms with Crippen LogP contribution in [0.4, 0.5) is 0 Å². The molecule has 0 aromatic carbocycles. The zero-order valence-corrected chi connectivity index (χ0v) is 12.4. The molecule has 3 N–H and O–H groups in total. The number of nitrogens with zero attached hydrogens (tertiary/aromatic N) is 1. The number of thioether (sulfide) groups is 1. The summed E-state index contributed by atoms with van der Waals surface area (Å²) in [7, 11) is 0. The number of rotatable bonds is 3. The van der Waals surface area contributed by atoms with Gasteiger partial charge in [0.1, 0.15) is 6.04 Å². The van der Waals surface area contributed by atoms with Gasteiger partial charge < -0.3 is 20.6 Å². The highest BCUT2D eigenvalue weighted by Gasteiger charge is 2.52. The zero-order valence-electron chi connectivity index (χ0n) is 11.6. The van der Waals surface area contributed by atoms with Gasteiger partial charge in [0, 0.05) is 37.7 Å². The van der Waals surface area contributed by atoms with Crippen LogP contribution in [0.25, 0.3) is 0 Å². The number of nitrogens with one attached hydrogen (secondary N) is 2. The van der Waals surface area contributed by atoms with Crippen LogP contribution in [0.3, 0.4) is 0 Å². The van der Waals surface area contributed by atoms with E-state index in [1.807, 2.05) is 6.92 Å². The highest BCUT2D eigenvalue weighted by Crippen LogP contribution is 2.47. The van der Waals surface area contributed by atoms with E-state index in [4.69, 9.17) is 0 Å². The van der Waals surface area contributed by atoms with Gasteiger partial charge in [0.05, 0.1) is 11.0 Å². The second-order valence-electron chi connectivity index (χ2n) is 6.00. The van der Waals surface area contributed by atoms with Gasteiger partial charge in [-0.05, 0) is 13.3 Å². The SMILES string of the molecule is CC12CCC(=O)N1C(C(=O)NCC1CNCC1O)CS2. The molecule has 4 unspecified atom stereocenters. The molecule has 3 rings (SSSR count). The van der Waals surface area contributed by atoms with Crippen LogP contribution in [-0.4, -0.2) is 64.2 Å². The largest absolute Gasteiger partial charge is 0.391 e. The Morgan fingerprint density at radius 3 is 3.10 bits per heavy atom. The monoisotopic (exact) mass is 299 g/mol. The standard InChI is InChI=1S/C13H21N3O3S/c1-13-3-2-11(18)16(13)9(7-20-13)12(19)15-5-8-4-14-6-10(8)17/h8-10,14,17H,2-7H2,1H3,(H,15,19). The Balaban J connectivity index is 1.59. The molecule has 3 fully saturated rings. The summed E-state index contributed by atoms with van der Waals surface area (Å²) in [4.78, 5) is 25.8. The number of β-amino-alcohol motifs (C(OH)–C–C–N with tert-alkyl or cyclic N) is 1. The number of hydrogen-bond acceptors (Lipinski definition) is 5. The lowest BCUT2D eigenvalue weighted by Crippen LogP contribution is -2.51. The minimum atomic E-state index is -0.396. The van der Waals surface area contributed by atoms with E-state index in [0.29, 0.717) is 25.3 Å². The Bertz CT molecular complexity index is 433. The van der Waals surface area contributed by atoms with Crippen molar-refractivity contribution in [3.05, 3.63) is 0 Å². The molecule has 0 aromatic heterocycles. The molecule has 3 aliphatic heterocycles. The van der Waals surface area contributed by atoms with Gasteiger partial charge in [-0.3, -0.25) is 9.59 Å². The van der Waals surface area contributed by atoms with Crippen molar-refractivity contribution in [2.75, 3.05) is 25.4 Å². The Labute approximate surface area is 122 Å². The summed E-state index contributed by atoms with van der Waals surface area (Å²) < 4.78 is 0. The van der Waals surface area contributed by atoms with Crippen molar-refractivity contribution in [2.45, 2.75) is 36.8 Å². The van der Waals surface area contributed by atoms with Crippen molar-refractivity contribution < 1.29 is 14.7 Å². The third-order valence-corrected chi connectivity index (χ3v) is 6.10. The fraction of sp³-hybridized carbons (Fsp3) is 0.846. The van der Waals surface area contributed by atoms with Crippen LogP contribution in [0.1, 0.15) is 19.8 Å². The molecule has 0 saturated carbocycles. The Morgan fingerprint density at radius 1 is 1.60 bits per heavy atom. The number of carbonyl (C=O) groups is 2. The predicted octanol–water partition coefficient (Wildman–Crippen LogP) is -0.863. The third kappa shape index (κ3) is 2.31. The first kappa shape index (κ1) is 14.2. The molecular weight excluding hydrogens is 278 g/mol. The first-order valence-electron chi connectivity index (χ1n) is 7.14. The van der Waals surface area contributed by atoms with Crippen molar-refractivity contribution in [3.63, 3.8) is 0 Å². The van der Waals surface area contributed by atoms with Crippen molar-refractivity contribution >= 4 is 23.6 Å². The molecule has 0 radical (unpaired) electrons. The quantitative estimate of drug-likeness (QED) is 0.632. The number of aliphatic hydroxyl groups is 1. The molecule has 4 atom stereocenters. The minimum Gasteiger partial charge on any atom is -0.391 e. The second-order valence-corrected chi connectivity index (χ2v) is 7.50. The Kier molecular flexibility index (Phi) is 3.68. The zero-order chi connectivity index (χ0) is 14.3. The normalized spacial score (nSPS) is 40.2. The van der Waals surface area contributed by atoms with Gasteiger partial charge in [-0.2, -0.15) is 0 Å². The van der Waals surface area contributed by atoms with E-state index in [0.717, 1.165) is 13.0 Å². The lowest BCUT2D eigenvalue weighted by molar-refractivity contribution is -0.138. The number of fused-ring (bicyclic) bond motifs is 1. The fourth-order valence-electron chi connectivity index (χ4n) is 3.29. The van der Waals surface area contributed by atoms with Crippen LogP contribution in [0.5, 0.6) is 0 Å². The smallest absolute Gasteiger partial charge is 0.243 e. The van der Waals surface area contributed by atoms with E-state index in [2.05, 4.69) is 10.6 Å². The average Bonchev–Trinajstić information content (AvgIpc) is 3.04. The molecule has 7 heteroatoms. The lowest BCUT2D eigenvalue weighted by Gasteiger charge is -2.30. The predicted molar refractivity (Wildman–Crippen MR) is 76.1 cm³/mol. The van der Waals surface area contributed by atoms with Crippen molar-refractivity contribution in [1.82, 2.24) is 15.5 Å². The first-order valence-corrected chi connectivity index (χ1v) is 8.12. The van der Waals surface area contributed by atoms with E-state index < -0.39 is 6.10 Å². The van der Waals surface area contributed by atoms with Crippen LogP contribution in [0.15, 0.2) is 0 Å². The number of carbonyl (C=O) groups excluding carboxylic acids is 2. The molecule has 0 bridgehead atoms. The van der Waals surface area contributed by atoms with Gasteiger partial charge >= 0.3 is 0 Å². The van der Waals surface area contributed by atoms with E-state index in [1.54, 1.807) is 16.7 Å². The number of hydrogen-bond donors (Lipinski definition) is 3. The minimum absolute atomic E-state index is 0.0636.